The Hall–Kier alpha value is -1.77. The van der Waals surface area contributed by atoms with Gasteiger partial charge in [0.15, 0.2) is 0 Å². The molecule has 0 radical (unpaired) electrons. The fourth-order valence-corrected chi connectivity index (χ4v) is 1.59. The molecule has 0 aliphatic carbocycles. The third-order valence-electron chi connectivity index (χ3n) is 2.48. The topological polar surface area (TPSA) is 28.9 Å². The van der Waals surface area contributed by atoms with Crippen molar-refractivity contribution in [1.82, 2.24) is 4.98 Å². The zero-order valence-corrected chi connectivity index (χ0v) is 9.03. The first-order valence-corrected chi connectivity index (χ1v) is 4.94. The molecular formula is C12H15N2O+. The van der Waals surface area contributed by atoms with Crippen molar-refractivity contribution in [3.05, 3.63) is 48.0 Å². The number of nitrogens with one attached hydrogen (secondary N) is 1. The van der Waals surface area contributed by atoms with Gasteiger partial charge in [-0.15, -0.1) is 0 Å². The average Bonchev–Trinajstić information content (AvgIpc) is 2.65. The molecule has 1 N–H and O–H groups in total. The summed E-state index contributed by atoms with van der Waals surface area (Å²) in [6.45, 7) is 0. The van der Waals surface area contributed by atoms with Crippen molar-refractivity contribution in [3.8, 4) is 5.75 Å². The predicted molar refractivity (Wildman–Crippen MR) is 57.8 cm³/mol. The Morgan fingerprint density at radius 3 is 2.93 bits per heavy atom. The van der Waals surface area contributed by atoms with Crippen LogP contribution in [0.25, 0.3) is 0 Å². The number of methoxy groups -OCH3 is 1. The summed E-state index contributed by atoms with van der Waals surface area (Å²) in [6, 6.07) is 8.12. The van der Waals surface area contributed by atoms with E-state index in [4.69, 9.17) is 4.74 Å². The molecule has 0 amide bonds. The fourth-order valence-electron chi connectivity index (χ4n) is 1.59. The molecule has 1 aromatic heterocycles. The molecule has 1 aromatic carbocycles. The highest BCUT2D eigenvalue weighted by Gasteiger charge is 2.07. The number of aryl methyl sites for hydroxylation is 1. The minimum atomic E-state index is 0.890. The summed E-state index contributed by atoms with van der Waals surface area (Å²) >= 11 is 0. The lowest BCUT2D eigenvalue weighted by Gasteiger charge is -2.01. The highest BCUT2D eigenvalue weighted by molar-refractivity contribution is 5.29. The van der Waals surface area contributed by atoms with E-state index in [2.05, 4.69) is 21.7 Å². The van der Waals surface area contributed by atoms with Crippen LogP contribution in [0.1, 0.15) is 11.4 Å². The summed E-state index contributed by atoms with van der Waals surface area (Å²) in [4.78, 5) is 3.21. The lowest BCUT2D eigenvalue weighted by atomic mass is 10.1. The molecule has 0 aliphatic rings. The van der Waals surface area contributed by atoms with Gasteiger partial charge < -0.3 is 4.74 Å². The van der Waals surface area contributed by atoms with Crippen molar-refractivity contribution in [2.24, 2.45) is 7.05 Å². The first kappa shape index (κ1) is 9.77. The molecule has 15 heavy (non-hydrogen) atoms. The molecule has 0 fully saturated rings. The molecule has 78 valence electrons. The fraction of sp³-hybridized carbons (Fsp3) is 0.250. The van der Waals surface area contributed by atoms with Gasteiger partial charge in [0, 0.05) is 0 Å². The highest BCUT2D eigenvalue weighted by Crippen LogP contribution is 2.14. The number of rotatable bonds is 3. The molecule has 3 nitrogen and oxygen atoms in total. The molecule has 0 atom stereocenters. The molecule has 1 heterocycles. The molecule has 0 spiro atoms. The first-order chi connectivity index (χ1) is 7.29. The number of ether oxygens (including phenoxy) is 1. The van der Waals surface area contributed by atoms with Crippen molar-refractivity contribution < 1.29 is 9.30 Å². The number of benzene rings is 1. The normalized spacial score (nSPS) is 10.3. The Labute approximate surface area is 89.3 Å². The van der Waals surface area contributed by atoms with E-state index in [1.807, 2.05) is 31.6 Å². The highest BCUT2D eigenvalue weighted by atomic mass is 16.5. The largest absolute Gasteiger partial charge is 0.497 e. The minimum Gasteiger partial charge on any atom is -0.497 e. The van der Waals surface area contributed by atoms with Gasteiger partial charge in [-0.25, -0.2) is 9.55 Å². The van der Waals surface area contributed by atoms with Crippen LogP contribution in [0, 0.1) is 0 Å². The van der Waals surface area contributed by atoms with Gasteiger partial charge in [-0.3, -0.25) is 0 Å². The van der Waals surface area contributed by atoms with Crippen molar-refractivity contribution in [2.75, 3.05) is 7.11 Å². The van der Waals surface area contributed by atoms with Crippen LogP contribution in [0.3, 0.4) is 0 Å². The summed E-state index contributed by atoms with van der Waals surface area (Å²) in [7, 11) is 3.72. The van der Waals surface area contributed by atoms with Crippen LogP contribution in [0.15, 0.2) is 36.7 Å². The van der Waals surface area contributed by atoms with Crippen molar-refractivity contribution in [3.63, 3.8) is 0 Å². The Bertz CT molecular complexity index is 448. The van der Waals surface area contributed by atoms with E-state index >= 15 is 0 Å². The SMILES string of the molecule is COc1cccc(Cc2[nH]cc[n+]2C)c1. The number of aromatic nitrogens is 2. The molecule has 0 unspecified atom stereocenters. The number of nitrogens with zero attached hydrogens (tertiary/aromatic N) is 1. The van der Waals surface area contributed by atoms with E-state index in [0.29, 0.717) is 0 Å². The van der Waals surface area contributed by atoms with Crippen LogP contribution in [-0.4, -0.2) is 12.1 Å². The third-order valence-corrected chi connectivity index (χ3v) is 2.48. The Morgan fingerprint density at radius 2 is 2.27 bits per heavy atom. The van der Waals surface area contributed by atoms with Crippen LogP contribution in [0.4, 0.5) is 0 Å². The van der Waals surface area contributed by atoms with Gasteiger partial charge in [0.2, 0.25) is 0 Å². The third kappa shape index (κ3) is 2.18. The van der Waals surface area contributed by atoms with E-state index < -0.39 is 0 Å². The summed E-state index contributed by atoms with van der Waals surface area (Å²) < 4.78 is 7.27. The number of imidazole rings is 1. The van der Waals surface area contributed by atoms with Crippen LogP contribution in [0.5, 0.6) is 5.75 Å². The van der Waals surface area contributed by atoms with Crippen molar-refractivity contribution >= 4 is 0 Å². The second kappa shape index (κ2) is 4.17. The average molecular weight is 203 g/mol. The summed E-state index contributed by atoms with van der Waals surface area (Å²) in [5, 5.41) is 0. The molecule has 0 saturated carbocycles. The molecule has 2 rings (SSSR count). The number of hydrogen-bond donors (Lipinski definition) is 1. The van der Waals surface area contributed by atoms with E-state index in [1.165, 1.54) is 11.4 Å². The lowest BCUT2D eigenvalue weighted by molar-refractivity contribution is -0.677. The molecule has 0 saturated heterocycles. The van der Waals surface area contributed by atoms with Gasteiger partial charge in [-0.1, -0.05) is 12.1 Å². The number of hydrogen-bond acceptors (Lipinski definition) is 1. The van der Waals surface area contributed by atoms with Gasteiger partial charge >= 0.3 is 0 Å². The van der Waals surface area contributed by atoms with Crippen LogP contribution in [-0.2, 0) is 13.5 Å². The van der Waals surface area contributed by atoms with Crippen molar-refractivity contribution in [1.29, 1.82) is 0 Å². The maximum atomic E-state index is 5.19. The van der Waals surface area contributed by atoms with Gasteiger partial charge in [0.25, 0.3) is 5.82 Å². The van der Waals surface area contributed by atoms with Crippen molar-refractivity contribution in [2.45, 2.75) is 6.42 Å². The Balaban J connectivity index is 2.21. The number of H-pyrrole nitrogens is 1. The maximum absolute atomic E-state index is 5.19. The monoisotopic (exact) mass is 203 g/mol. The summed E-state index contributed by atoms with van der Waals surface area (Å²) in [5.74, 6) is 2.09. The molecular weight excluding hydrogens is 188 g/mol. The molecule has 0 bridgehead atoms. The minimum absolute atomic E-state index is 0.890. The van der Waals surface area contributed by atoms with E-state index in [9.17, 15) is 0 Å². The van der Waals surface area contributed by atoms with Gasteiger partial charge in [-0.2, -0.15) is 0 Å². The first-order valence-electron chi connectivity index (χ1n) is 4.94. The van der Waals surface area contributed by atoms with Crippen LogP contribution >= 0.6 is 0 Å². The Kier molecular flexibility index (Phi) is 2.72. The van der Waals surface area contributed by atoms with Crippen LogP contribution in [0.2, 0.25) is 0 Å². The smallest absolute Gasteiger partial charge is 0.258 e. The molecule has 0 aliphatic heterocycles. The summed E-state index contributed by atoms with van der Waals surface area (Å²) in [6.07, 6.45) is 4.84. The predicted octanol–water partition coefficient (Wildman–Crippen LogP) is 1.44. The lowest BCUT2D eigenvalue weighted by Crippen LogP contribution is -2.30. The second-order valence-corrected chi connectivity index (χ2v) is 3.55. The quantitative estimate of drug-likeness (QED) is 0.751. The van der Waals surface area contributed by atoms with Gasteiger partial charge in [0.05, 0.1) is 20.6 Å². The summed E-state index contributed by atoms with van der Waals surface area (Å²) in [5.41, 5.74) is 1.24. The van der Waals surface area contributed by atoms with Gasteiger partial charge in [-0.05, 0) is 17.7 Å². The zero-order chi connectivity index (χ0) is 10.7. The van der Waals surface area contributed by atoms with E-state index in [0.717, 1.165) is 12.2 Å². The standard InChI is InChI=1S/C12H14N2O/c1-14-7-6-13-12(14)9-10-4-3-5-11(8-10)15-2/h3-8H,9H2,1-2H3/p+1. The van der Waals surface area contributed by atoms with Gasteiger partial charge in [0.1, 0.15) is 18.1 Å². The second-order valence-electron chi connectivity index (χ2n) is 3.55. The van der Waals surface area contributed by atoms with E-state index in [1.54, 1.807) is 7.11 Å². The zero-order valence-electron chi connectivity index (χ0n) is 9.03. The van der Waals surface area contributed by atoms with E-state index in [-0.39, 0.29) is 0 Å². The molecule has 3 heteroatoms. The Morgan fingerprint density at radius 1 is 1.40 bits per heavy atom. The van der Waals surface area contributed by atoms with Crippen LogP contribution < -0.4 is 9.30 Å². The molecule has 2 aromatic rings. The number of aromatic amines is 1. The maximum Gasteiger partial charge on any atom is 0.258 e.